The molecule has 2 aromatic rings. The van der Waals surface area contributed by atoms with E-state index in [1.807, 2.05) is 36.4 Å². The van der Waals surface area contributed by atoms with Crippen LogP contribution in [0.1, 0.15) is 48.0 Å². The van der Waals surface area contributed by atoms with Crippen LogP contribution in [0, 0.1) is 0 Å². The van der Waals surface area contributed by atoms with Gasteiger partial charge in [0.1, 0.15) is 11.5 Å². The molecule has 2 saturated heterocycles. The van der Waals surface area contributed by atoms with Gasteiger partial charge in [0.15, 0.2) is 0 Å². The van der Waals surface area contributed by atoms with E-state index >= 15 is 0 Å². The van der Waals surface area contributed by atoms with Crippen molar-refractivity contribution in [1.29, 1.82) is 0 Å². The predicted octanol–water partition coefficient (Wildman–Crippen LogP) is 4.02. The Kier molecular flexibility index (Phi) is 6.05. The monoisotopic (exact) mass is 394 g/mol. The van der Waals surface area contributed by atoms with Crippen LogP contribution in [-0.2, 0) is 6.54 Å². The summed E-state index contributed by atoms with van der Waals surface area (Å²) in [6, 6.07) is 16.9. The molecule has 5 nitrogen and oxygen atoms in total. The maximum Gasteiger partial charge on any atom is 0.255 e. The Hall–Kier alpha value is -2.53. The number of benzene rings is 2. The Morgan fingerprint density at radius 3 is 2.28 bits per heavy atom. The first kappa shape index (κ1) is 19.8. The maximum absolute atomic E-state index is 12.8. The summed E-state index contributed by atoms with van der Waals surface area (Å²) in [7, 11) is 3.34. The van der Waals surface area contributed by atoms with Crippen LogP contribution < -0.4 is 14.8 Å². The Morgan fingerprint density at radius 2 is 1.59 bits per heavy atom. The molecular weight excluding hydrogens is 364 g/mol. The number of piperidine rings is 2. The van der Waals surface area contributed by atoms with Gasteiger partial charge in [-0.25, -0.2) is 0 Å². The molecule has 3 atom stereocenters. The van der Waals surface area contributed by atoms with E-state index in [2.05, 4.69) is 22.3 Å². The molecular formula is C24H30N2O3. The van der Waals surface area contributed by atoms with Crippen molar-refractivity contribution < 1.29 is 14.3 Å². The summed E-state index contributed by atoms with van der Waals surface area (Å²) in [6.45, 7) is 0.909. The summed E-state index contributed by atoms with van der Waals surface area (Å²) < 4.78 is 10.9. The molecule has 0 radical (unpaired) electrons. The molecule has 2 heterocycles. The average Bonchev–Trinajstić information content (AvgIpc) is 2.74. The summed E-state index contributed by atoms with van der Waals surface area (Å²) in [4.78, 5) is 15.5. The molecule has 2 fully saturated rings. The van der Waals surface area contributed by atoms with Crippen molar-refractivity contribution in [3.05, 3.63) is 59.7 Å². The van der Waals surface area contributed by atoms with E-state index < -0.39 is 0 Å². The normalized spacial score (nSPS) is 24.0. The summed E-state index contributed by atoms with van der Waals surface area (Å²) >= 11 is 0. The molecule has 2 aliphatic rings. The maximum atomic E-state index is 12.8. The SMILES string of the molecule is COc1ccccc1CN1[C@@H]2CCC[C@H]1CC(NC(=O)c1ccccc1OC)C2. The minimum absolute atomic E-state index is 0.0382. The predicted molar refractivity (Wildman–Crippen MR) is 113 cm³/mol. The molecule has 0 aromatic heterocycles. The van der Waals surface area contributed by atoms with E-state index in [0.717, 1.165) is 25.1 Å². The molecule has 5 heteroatoms. The highest BCUT2D eigenvalue weighted by molar-refractivity contribution is 5.97. The second-order valence-corrected chi connectivity index (χ2v) is 8.06. The first-order valence-corrected chi connectivity index (χ1v) is 10.5. The number of hydrogen-bond donors (Lipinski definition) is 1. The number of ether oxygens (including phenoxy) is 2. The number of amides is 1. The van der Waals surface area contributed by atoms with Gasteiger partial charge < -0.3 is 14.8 Å². The summed E-state index contributed by atoms with van der Waals surface area (Å²) in [6.07, 6.45) is 5.63. The van der Waals surface area contributed by atoms with Gasteiger partial charge in [-0.2, -0.15) is 0 Å². The molecule has 2 aromatic carbocycles. The molecule has 2 bridgehead atoms. The molecule has 1 unspecified atom stereocenters. The van der Waals surface area contributed by atoms with Crippen LogP contribution in [0.2, 0.25) is 0 Å². The van der Waals surface area contributed by atoms with E-state index in [1.165, 1.54) is 24.8 Å². The quantitative estimate of drug-likeness (QED) is 0.804. The van der Waals surface area contributed by atoms with Gasteiger partial charge in [-0.05, 0) is 43.9 Å². The lowest BCUT2D eigenvalue weighted by atomic mass is 9.81. The number of hydrogen-bond acceptors (Lipinski definition) is 4. The molecule has 1 amide bonds. The highest BCUT2D eigenvalue weighted by atomic mass is 16.5. The highest BCUT2D eigenvalue weighted by Crippen LogP contribution is 2.36. The molecule has 154 valence electrons. The van der Waals surface area contributed by atoms with Crippen molar-refractivity contribution in [2.75, 3.05) is 14.2 Å². The highest BCUT2D eigenvalue weighted by Gasteiger charge is 2.39. The van der Waals surface area contributed by atoms with Crippen LogP contribution in [-0.4, -0.2) is 43.2 Å². The second-order valence-electron chi connectivity index (χ2n) is 8.06. The molecule has 0 aliphatic carbocycles. The number of rotatable bonds is 6. The summed E-state index contributed by atoms with van der Waals surface area (Å²) in [5.41, 5.74) is 1.85. The van der Waals surface area contributed by atoms with E-state index in [1.54, 1.807) is 14.2 Å². The van der Waals surface area contributed by atoms with Crippen molar-refractivity contribution >= 4 is 5.91 Å². The van der Waals surface area contributed by atoms with Gasteiger partial charge in [0.25, 0.3) is 5.91 Å². The van der Waals surface area contributed by atoms with Crippen molar-refractivity contribution in [3.63, 3.8) is 0 Å². The van der Waals surface area contributed by atoms with Crippen molar-refractivity contribution in [2.45, 2.75) is 56.8 Å². The van der Waals surface area contributed by atoms with Gasteiger partial charge in [0.05, 0.1) is 19.8 Å². The number of carbonyl (C=O) groups excluding carboxylic acids is 1. The van der Waals surface area contributed by atoms with Crippen molar-refractivity contribution in [2.24, 2.45) is 0 Å². The van der Waals surface area contributed by atoms with E-state index in [9.17, 15) is 4.79 Å². The van der Waals surface area contributed by atoms with Crippen LogP contribution in [0.4, 0.5) is 0 Å². The minimum atomic E-state index is -0.0382. The zero-order valence-corrected chi connectivity index (χ0v) is 17.3. The fraction of sp³-hybridized carbons (Fsp3) is 0.458. The topological polar surface area (TPSA) is 50.8 Å². The lowest BCUT2D eigenvalue weighted by Crippen LogP contribution is -2.56. The number of fused-ring (bicyclic) bond motifs is 2. The minimum Gasteiger partial charge on any atom is -0.496 e. The fourth-order valence-corrected chi connectivity index (χ4v) is 4.98. The van der Waals surface area contributed by atoms with Crippen LogP contribution >= 0.6 is 0 Å². The second kappa shape index (κ2) is 8.87. The Bertz CT molecular complexity index is 840. The van der Waals surface area contributed by atoms with Gasteiger partial charge in [-0.15, -0.1) is 0 Å². The third-order valence-electron chi connectivity index (χ3n) is 6.36. The number of nitrogens with zero attached hydrogens (tertiary/aromatic N) is 1. The van der Waals surface area contributed by atoms with Gasteiger partial charge >= 0.3 is 0 Å². The number of para-hydroxylation sites is 2. The molecule has 4 rings (SSSR count). The Labute approximate surface area is 173 Å². The van der Waals surface area contributed by atoms with E-state index in [4.69, 9.17) is 9.47 Å². The lowest BCUT2D eigenvalue weighted by molar-refractivity contribution is 0.0172. The Morgan fingerprint density at radius 1 is 0.966 bits per heavy atom. The van der Waals surface area contributed by atoms with Crippen LogP contribution in [0.3, 0.4) is 0 Å². The standard InChI is InChI=1S/C24H30N2O3/c1-28-22-12-5-3-8-17(22)16-26-19-9-7-10-20(26)15-18(14-19)25-24(27)21-11-4-6-13-23(21)29-2/h3-6,8,11-13,18-20H,7,9-10,14-16H2,1-2H3,(H,25,27)/t18?,19-,20+. The molecule has 2 aliphatic heterocycles. The summed E-state index contributed by atoms with van der Waals surface area (Å²) in [5.74, 6) is 1.54. The number of nitrogens with one attached hydrogen (secondary N) is 1. The number of methoxy groups -OCH3 is 2. The van der Waals surface area contributed by atoms with Crippen LogP contribution in [0.5, 0.6) is 11.5 Å². The largest absolute Gasteiger partial charge is 0.496 e. The van der Waals surface area contributed by atoms with Gasteiger partial charge in [0, 0.05) is 30.2 Å². The third kappa shape index (κ3) is 4.25. The van der Waals surface area contributed by atoms with Gasteiger partial charge in [0.2, 0.25) is 0 Å². The molecule has 0 spiro atoms. The average molecular weight is 395 g/mol. The molecule has 29 heavy (non-hydrogen) atoms. The summed E-state index contributed by atoms with van der Waals surface area (Å²) in [5, 5.41) is 3.28. The first-order chi connectivity index (χ1) is 14.2. The third-order valence-corrected chi connectivity index (χ3v) is 6.36. The van der Waals surface area contributed by atoms with E-state index in [0.29, 0.717) is 23.4 Å². The number of carbonyl (C=O) groups is 1. The van der Waals surface area contributed by atoms with Crippen LogP contribution in [0.25, 0.3) is 0 Å². The smallest absolute Gasteiger partial charge is 0.255 e. The lowest BCUT2D eigenvalue weighted by Gasteiger charge is -2.49. The van der Waals surface area contributed by atoms with E-state index in [-0.39, 0.29) is 11.9 Å². The first-order valence-electron chi connectivity index (χ1n) is 10.5. The fourth-order valence-electron chi connectivity index (χ4n) is 4.98. The molecule has 1 N–H and O–H groups in total. The van der Waals surface area contributed by atoms with Crippen LogP contribution in [0.15, 0.2) is 48.5 Å². The zero-order chi connectivity index (χ0) is 20.2. The van der Waals surface area contributed by atoms with Crippen molar-refractivity contribution in [1.82, 2.24) is 10.2 Å². The zero-order valence-electron chi connectivity index (χ0n) is 17.3. The van der Waals surface area contributed by atoms with Gasteiger partial charge in [-0.3, -0.25) is 9.69 Å². The van der Waals surface area contributed by atoms with Gasteiger partial charge in [-0.1, -0.05) is 36.8 Å². The Balaban J connectivity index is 1.45. The molecule has 0 saturated carbocycles. The van der Waals surface area contributed by atoms with Crippen molar-refractivity contribution in [3.8, 4) is 11.5 Å².